The van der Waals surface area contributed by atoms with Crippen molar-refractivity contribution in [2.45, 2.75) is 59.8 Å². The highest BCUT2D eigenvalue weighted by Gasteiger charge is 2.67. The van der Waals surface area contributed by atoms with Gasteiger partial charge in [-0.05, 0) is 54.8 Å². The fourth-order valence-corrected chi connectivity index (χ4v) is 5.32. The van der Waals surface area contributed by atoms with Gasteiger partial charge in [0.15, 0.2) is 0 Å². The van der Waals surface area contributed by atoms with E-state index in [-0.39, 0.29) is 0 Å². The first-order chi connectivity index (χ1) is 6.93. The number of fused-ring (bicyclic) bond motifs is 1. The van der Waals surface area contributed by atoms with Gasteiger partial charge in [-0.3, -0.25) is 0 Å². The van der Waals surface area contributed by atoms with Gasteiger partial charge in [-0.25, -0.2) is 0 Å². The van der Waals surface area contributed by atoms with Crippen molar-refractivity contribution >= 4 is 0 Å². The Bertz CT molecular complexity index is 336. The van der Waals surface area contributed by atoms with Gasteiger partial charge in [0.2, 0.25) is 0 Å². The van der Waals surface area contributed by atoms with Gasteiger partial charge in [0.05, 0.1) is 0 Å². The van der Waals surface area contributed by atoms with Crippen LogP contribution in [0.5, 0.6) is 0 Å². The van der Waals surface area contributed by atoms with E-state index in [1.54, 1.807) is 5.57 Å². The molecule has 0 amide bonds. The largest absolute Gasteiger partial charge is 0.0847 e. The molecule has 0 N–H and O–H groups in total. The number of hydrogen-bond acceptors (Lipinski definition) is 0. The Morgan fingerprint density at radius 3 is 2.67 bits per heavy atom. The monoisotopic (exact) mass is 204 g/mol. The van der Waals surface area contributed by atoms with Crippen molar-refractivity contribution in [2.24, 2.45) is 22.2 Å². The number of rotatable bonds is 0. The van der Waals surface area contributed by atoms with Crippen molar-refractivity contribution in [3.63, 3.8) is 0 Å². The van der Waals surface area contributed by atoms with Crippen LogP contribution >= 0.6 is 0 Å². The summed E-state index contributed by atoms with van der Waals surface area (Å²) < 4.78 is 0. The molecule has 0 saturated heterocycles. The van der Waals surface area contributed by atoms with Crippen LogP contribution in [0, 0.1) is 22.2 Å². The molecular formula is C15H24. The molecule has 0 aromatic rings. The zero-order valence-corrected chi connectivity index (χ0v) is 10.7. The Morgan fingerprint density at radius 2 is 1.93 bits per heavy atom. The molecule has 1 spiro atoms. The molecule has 84 valence electrons. The molecule has 0 aromatic heterocycles. The molecule has 0 heterocycles. The van der Waals surface area contributed by atoms with Crippen LogP contribution in [0.1, 0.15) is 59.8 Å². The van der Waals surface area contributed by atoms with Gasteiger partial charge in [-0.1, -0.05) is 38.8 Å². The average molecular weight is 204 g/mol. The molecule has 3 aliphatic rings. The fraction of sp³-hybridized carbons (Fsp3) is 0.867. The summed E-state index contributed by atoms with van der Waals surface area (Å²) in [7, 11) is 0. The van der Waals surface area contributed by atoms with Crippen molar-refractivity contribution in [3.05, 3.63) is 11.6 Å². The summed E-state index contributed by atoms with van der Waals surface area (Å²) in [6, 6.07) is 0. The summed E-state index contributed by atoms with van der Waals surface area (Å²) in [5.41, 5.74) is 3.50. The predicted octanol–water partition coefficient (Wildman–Crippen LogP) is 4.56. The van der Waals surface area contributed by atoms with Crippen LogP contribution in [0.25, 0.3) is 0 Å². The van der Waals surface area contributed by atoms with E-state index in [1.165, 1.54) is 32.1 Å². The lowest BCUT2D eigenvalue weighted by Crippen LogP contribution is -2.38. The van der Waals surface area contributed by atoms with Gasteiger partial charge in [-0.15, -0.1) is 0 Å². The molecule has 3 aliphatic carbocycles. The molecule has 0 aromatic carbocycles. The van der Waals surface area contributed by atoms with E-state index in [2.05, 4.69) is 33.8 Å². The summed E-state index contributed by atoms with van der Waals surface area (Å²) in [5.74, 6) is 0.872. The molecule has 2 fully saturated rings. The molecule has 0 unspecified atom stereocenters. The quantitative estimate of drug-likeness (QED) is 0.507. The van der Waals surface area contributed by atoms with Gasteiger partial charge in [0, 0.05) is 0 Å². The van der Waals surface area contributed by atoms with Gasteiger partial charge in [0.1, 0.15) is 0 Å². The molecule has 0 radical (unpaired) electrons. The standard InChI is InChI=1S/C15H24/c1-11-6-9-15-8-5-7-14(15,4)13(2,3)12(11)10-15/h6,12H,5,7-10H2,1-4H3/t12-,14-,15-/m0/s1. The predicted molar refractivity (Wildman–Crippen MR) is 64.7 cm³/mol. The summed E-state index contributed by atoms with van der Waals surface area (Å²) in [6.45, 7) is 10.0. The highest BCUT2D eigenvalue weighted by molar-refractivity contribution is 5.28. The minimum atomic E-state index is 0.528. The van der Waals surface area contributed by atoms with Crippen molar-refractivity contribution < 1.29 is 0 Å². The minimum absolute atomic E-state index is 0.528. The second-order valence-electron chi connectivity index (χ2n) is 7.10. The normalized spacial score (nSPS) is 51.5. The molecular weight excluding hydrogens is 180 g/mol. The lowest BCUT2D eigenvalue weighted by Gasteiger charge is -2.45. The van der Waals surface area contributed by atoms with E-state index in [1.807, 2.05) is 0 Å². The Morgan fingerprint density at radius 1 is 1.20 bits per heavy atom. The molecule has 3 atom stereocenters. The van der Waals surface area contributed by atoms with E-state index < -0.39 is 0 Å². The second kappa shape index (κ2) is 2.52. The first kappa shape index (κ1) is 9.93. The van der Waals surface area contributed by atoms with Gasteiger partial charge >= 0.3 is 0 Å². The topological polar surface area (TPSA) is 0 Å². The number of hydrogen-bond donors (Lipinski definition) is 0. The first-order valence-corrected chi connectivity index (χ1v) is 6.60. The van der Waals surface area contributed by atoms with Crippen LogP contribution in [0.15, 0.2) is 11.6 Å². The van der Waals surface area contributed by atoms with Crippen LogP contribution < -0.4 is 0 Å². The van der Waals surface area contributed by atoms with Gasteiger partial charge in [-0.2, -0.15) is 0 Å². The summed E-state index contributed by atoms with van der Waals surface area (Å²) in [5, 5.41) is 0. The third-order valence-electron chi connectivity index (χ3n) is 6.76. The molecule has 15 heavy (non-hydrogen) atoms. The van der Waals surface area contributed by atoms with Crippen LogP contribution in [-0.4, -0.2) is 0 Å². The van der Waals surface area contributed by atoms with E-state index in [4.69, 9.17) is 0 Å². The SMILES string of the molecule is CC1=CC[C@]23CCC[C@@]2(C)C(C)(C)[C@H]1C3. The molecule has 0 aliphatic heterocycles. The smallest absolute Gasteiger partial charge is 0.0144 e. The highest BCUT2D eigenvalue weighted by Crippen LogP contribution is 2.76. The maximum Gasteiger partial charge on any atom is -0.0144 e. The molecule has 2 saturated carbocycles. The van der Waals surface area contributed by atoms with Crippen LogP contribution in [0.4, 0.5) is 0 Å². The highest BCUT2D eigenvalue weighted by atomic mass is 14.7. The Labute approximate surface area is 94.1 Å². The van der Waals surface area contributed by atoms with Gasteiger partial charge in [0.25, 0.3) is 0 Å². The van der Waals surface area contributed by atoms with E-state index in [0.717, 1.165) is 5.92 Å². The lowest BCUT2D eigenvalue weighted by molar-refractivity contribution is 0.0350. The van der Waals surface area contributed by atoms with Crippen molar-refractivity contribution in [2.75, 3.05) is 0 Å². The third kappa shape index (κ3) is 0.867. The van der Waals surface area contributed by atoms with Crippen molar-refractivity contribution in [1.29, 1.82) is 0 Å². The van der Waals surface area contributed by atoms with Crippen molar-refractivity contribution in [1.82, 2.24) is 0 Å². The van der Waals surface area contributed by atoms with E-state index >= 15 is 0 Å². The molecule has 3 rings (SSSR count). The number of allylic oxidation sites excluding steroid dienone is 2. The Balaban J connectivity index is 2.17. The molecule has 0 heteroatoms. The maximum atomic E-state index is 2.59. The van der Waals surface area contributed by atoms with Crippen molar-refractivity contribution in [3.8, 4) is 0 Å². The van der Waals surface area contributed by atoms with Crippen LogP contribution in [-0.2, 0) is 0 Å². The minimum Gasteiger partial charge on any atom is -0.0847 e. The van der Waals surface area contributed by atoms with E-state index in [0.29, 0.717) is 16.2 Å². The third-order valence-corrected chi connectivity index (χ3v) is 6.76. The maximum absolute atomic E-state index is 2.59. The fourth-order valence-electron chi connectivity index (χ4n) is 5.32. The molecule has 0 nitrogen and oxygen atoms in total. The molecule has 2 bridgehead atoms. The van der Waals surface area contributed by atoms with E-state index in [9.17, 15) is 0 Å². The van der Waals surface area contributed by atoms with Crippen LogP contribution in [0.3, 0.4) is 0 Å². The zero-order valence-electron chi connectivity index (χ0n) is 10.7. The van der Waals surface area contributed by atoms with Crippen LogP contribution in [0.2, 0.25) is 0 Å². The summed E-state index contributed by atoms with van der Waals surface area (Å²) >= 11 is 0. The summed E-state index contributed by atoms with van der Waals surface area (Å²) in [4.78, 5) is 0. The lowest BCUT2D eigenvalue weighted by atomic mass is 9.59. The second-order valence-corrected chi connectivity index (χ2v) is 7.10. The average Bonchev–Trinajstić information content (AvgIpc) is 2.55. The summed E-state index contributed by atoms with van der Waals surface area (Å²) in [6.07, 6.45) is 9.85. The Hall–Kier alpha value is -0.260. The zero-order chi connectivity index (χ0) is 10.9. The Kier molecular flexibility index (Phi) is 1.67. The van der Waals surface area contributed by atoms with Gasteiger partial charge < -0.3 is 0 Å². The first-order valence-electron chi connectivity index (χ1n) is 6.60.